The number of amides is 1. The number of aromatic nitrogens is 2. The molecule has 0 atom stereocenters. The quantitative estimate of drug-likeness (QED) is 0.190. The molecule has 9 nitrogen and oxygen atoms in total. The molecule has 3 rings (SSSR count). The largest absolute Gasteiger partial charge is 0.386 e. The van der Waals surface area contributed by atoms with Gasteiger partial charge in [-0.1, -0.05) is 29.5 Å². The standard InChI is InChI=1S/C26H29F2N5O4S/c1-14(8-9-36-13-22-31-15(2)33-37-22)6-5-7-21(29)32-25-17(24(30)34)12-20(38-25)23-18(27)10-16(11-19(23)28)26(3,4)35/h5-7,10-12,32,35H,1,8-9,13,29H2,2-4H3,(H2,30,34)/b6-5-,21-7+. The molecule has 0 radical (unpaired) electrons. The van der Waals surface area contributed by atoms with Crippen LogP contribution in [-0.4, -0.2) is 27.8 Å². The maximum atomic E-state index is 14.8. The summed E-state index contributed by atoms with van der Waals surface area (Å²) < 4.78 is 40.1. The second kappa shape index (κ2) is 12.1. The molecular weight excluding hydrogens is 516 g/mol. The van der Waals surface area contributed by atoms with E-state index in [0.29, 0.717) is 24.7 Å². The van der Waals surface area contributed by atoms with E-state index in [0.717, 1.165) is 29.0 Å². The van der Waals surface area contributed by atoms with Crippen LogP contribution in [0.1, 0.15) is 47.9 Å². The fraction of sp³-hybridized carbons (Fsp3) is 0.269. The molecule has 0 bridgehead atoms. The third-order valence-electron chi connectivity index (χ3n) is 5.22. The number of ether oxygens (including phenoxy) is 1. The first kappa shape index (κ1) is 28.7. The molecule has 1 aromatic carbocycles. The van der Waals surface area contributed by atoms with Crippen LogP contribution in [0.2, 0.25) is 0 Å². The summed E-state index contributed by atoms with van der Waals surface area (Å²) >= 11 is 0.913. The second-order valence-electron chi connectivity index (χ2n) is 8.89. The summed E-state index contributed by atoms with van der Waals surface area (Å²) in [6.07, 6.45) is 5.47. The first-order chi connectivity index (χ1) is 17.8. The number of rotatable bonds is 12. The van der Waals surface area contributed by atoms with E-state index in [9.17, 15) is 18.7 Å². The smallest absolute Gasteiger partial charge is 0.252 e. The van der Waals surface area contributed by atoms with Gasteiger partial charge in [-0.05, 0) is 57.0 Å². The van der Waals surface area contributed by atoms with Gasteiger partial charge in [0.1, 0.15) is 29.1 Å². The van der Waals surface area contributed by atoms with Crippen molar-refractivity contribution in [2.75, 3.05) is 11.9 Å². The van der Waals surface area contributed by atoms with Gasteiger partial charge >= 0.3 is 0 Å². The average molecular weight is 546 g/mol. The van der Waals surface area contributed by atoms with Gasteiger partial charge < -0.3 is 31.2 Å². The number of nitrogens with zero attached hydrogens (tertiary/aromatic N) is 2. The molecule has 202 valence electrons. The first-order valence-electron chi connectivity index (χ1n) is 11.5. The van der Waals surface area contributed by atoms with Crippen molar-refractivity contribution in [1.29, 1.82) is 0 Å². The Labute approximate surface area is 222 Å². The number of thiophene rings is 1. The zero-order valence-corrected chi connectivity index (χ0v) is 22.0. The zero-order chi connectivity index (χ0) is 28.0. The van der Waals surface area contributed by atoms with E-state index in [4.69, 9.17) is 20.7 Å². The lowest BCUT2D eigenvalue weighted by Crippen LogP contribution is -2.16. The Kier molecular flexibility index (Phi) is 9.15. The van der Waals surface area contributed by atoms with Gasteiger partial charge in [-0.2, -0.15) is 4.98 Å². The molecule has 38 heavy (non-hydrogen) atoms. The van der Waals surface area contributed by atoms with Gasteiger partial charge in [-0.25, -0.2) is 8.78 Å². The van der Waals surface area contributed by atoms with E-state index in [1.165, 1.54) is 26.0 Å². The number of hydrogen-bond donors (Lipinski definition) is 4. The van der Waals surface area contributed by atoms with Crippen molar-refractivity contribution in [2.24, 2.45) is 11.5 Å². The van der Waals surface area contributed by atoms with Crippen molar-refractivity contribution in [3.05, 3.63) is 88.9 Å². The highest BCUT2D eigenvalue weighted by Crippen LogP contribution is 2.39. The minimum Gasteiger partial charge on any atom is -0.386 e. The molecule has 0 aliphatic heterocycles. The van der Waals surface area contributed by atoms with E-state index >= 15 is 0 Å². The molecule has 0 aliphatic rings. The fourth-order valence-corrected chi connectivity index (χ4v) is 4.39. The Morgan fingerprint density at radius 1 is 1.29 bits per heavy atom. The molecule has 1 amide bonds. The molecule has 0 aliphatic carbocycles. The van der Waals surface area contributed by atoms with Crippen LogP contribution in [0.5, 0.6) is 0 Å². The van der Waals surface area contributed by atoms with Crippen LogP contribution in [-0.2, 0) is 16.9 Å². The SMILES string of the molecule is C=C(/C=C\C=C(/N)Nc1sc(-c2c(F)cc(C(C)(C)O)cc2F)cc1C(N)=O)CCOCc1nc(C)no1. The second-order valence-corrected chi connectivity index (χ2v) is 9.95. The minimum absolute atomic E-state index is 0.0219. The van der Waals surface area contributed by atoms with E-state index < -0.39 is 23.1 Å². The third kappa shape index (κ3) is 7.57. The monoisotopic (exact) mass is 545 g/mol. The Morgan fingerprint density at radius 2 is 1.97 bits per heavy atom. The van der Waals surface area contributed by atoms with Crippen LogP contribution < -0.4 is 16.8 Å². The predicted octanol–water partition coefficient (Wildman–Crippen LogP) is 4.64. The average Bonchev–Trinajstić information content (AvgIpc) is 3.41. The molecule has 12 heteroatoms. The van der Waals surface area contributed by atoms with Crippen LogP contribution >= 0.6 is 11.3 Å². The minimum atomic E-state index is -1.43. The van der Waals surface area contributed by atoms with Crippen LogP contribution in [0.4, 0.5) is 13.8 Å². The van der Waals surface area contributed by atoms with Crippen molar-refractivity contribution in [3.63, 3.8) is 0 Å². The summed E-state index contributed by atoms with van der Waals surface area (Å²) in [6, 6.07) is 3.40. The molecular formula is C26H29F2N5O4S. The summed E-state index contributed by atoms with van der Waals surface area (Å²) in [5.74, 6) is -1.47. The Hall–Kier alpha value is -3.87. The number of carbonyl (C=O) groups excluding carboxylic acids is 1. The normalized spacial score (nSPS) is 12.3. The van der Waals surface area contributed by atoms with E-state index in [1.54, 1.807) is 19.1 Å². The maximum absolute atomic E-state index is 14.8. The number of nitrogens with two attached hydrogens (primary N) is 2. The molecule has 0 saturated carbocycles. The number of allylic oxidation sites excluding steroid dienone is 3. The summed E-state index contributed by atoms with van der Waals surface area (Å²) in [5.41, 5.74) is 10.6. The lowest BCUT2D eigenvalue weighted by molar-refractivity contribution is 0.0778. The van der Waals surface area contributed by atoms with E-state index in [2.05, 4.69) is 22.0 Å². The van der Waals surface area contributed by atoms with Crippen LogP contribution in [0.3, 0.4) is 0 Å². The van der Waals surface area contributed by atoms with Crippen molar-refractivity contribution in [2.45, 2.75) is 39.4 Å². The number of halogens is 2. The topological polar surface area (TPSA) is 150 Å². The van der Waals surface area contributed by atoms with Crippen molar-refractivity contribution in [3.8, 4) is 10.4 Å². The summed E-state index contributed by atoms with van der Waals surface area (Å²) in [4.78, 5) is 16.2. The van der Waals surface area contributed by atoms with Gasteiger partial charge in [0, 0.05) is 4.88 Å². The molecule has 2 aromatic heterocycles. The lowest BCUT2D eigenvalue weighted by Gasteiger charge is -2.18. The van der Waals surface area contributed by atoms with Gasteiger partial charge in [-0.15, -0.1) is 11.3 Å². The van der Waals surface area contributed by atoms with Crippen molar-refractivity contribution >= 4 is 22.2 Å². The maximum Gasteiger partial charge on any atom is 0.252 e. The van der Waals surface area contributed by atoms with Crippen LogP contribution in [0, 0.1) is 18.6 Å². The number of aryl methyl sites for hydroxylation is 1. The number of primary amides is 1. The molecule has 6 N–H and O–H groups in total. The number of aliphatic hydroxyl groups is 1. The zero-order valence-electron chi connectivity index (χ0n) is 21.2. The van der Waals surface area contributed by atoms with Crippen molar-refractivity contribution < 1.29 is 27.9 Å². The first-order valence-corrected chi connectivity index (χ1v) is 12.3. The van der Waals surface area contributed by atoms with E-state index in [-0.39, 0.29) is 39.0 Å². The highest BCUT2D eigenvalue weighted by molar-refractivity contribution is 7.19. The number of nitrogens with one attached hydrogen (secondary N) is 1. The summed E-state index contributed by atoms with van der Waals surface area (Å²) in [5, 5.41) is 16.8. The van der Waals surface area contributed by atoms with E-state index in [1.807, 2.05) is 0 Å². The number of carbonyl (C=O) groups is 1. The van der Waals surface area contributed by atoms with Gasteiger partial charge in [-0.3, -0.25) is 4.79 Å². The molecule has 0 unspecified atom stereocenters. The van der Waals surface area contributed by atoms with Gasteiger partial charge in [0.25, 0.3) is 11.8 Å². The van der Waals surface area contributed by atoms with Gasteiger partial charge in [0.2, 0.25) is 0 Å². The van der Waals surface area contributed by atoms with Crippen LogP contribution in [0.15, 0.2) is 58.9 Å². The van der Waals surface area contributed by atoms with Gasteiger partial charge in [0.05, 0.1) is 23.3 Å². The Bertz CT molecular complexity index is 1370. The number of hydrogen-bond acceptors (Lipinski definition) is 9. The molecule has 0 fully saturated rings. The summed E-state index contributed by atoms with van der Waals surface area (Å²) in [7, 11) is 0. The molecule has 3 aromatic rings. The molecule has 0 saturated heterocycles. The number of anilines is 1. The van der Waals surface area contributed by atoms with Crippen molar-refractivity contribution in [1.82, 2.24) is 10.1 Å². The highest BCUT2D eigenvalue weighted by atomic mass is 32.1. The highest BCUT2D eigenvalue weighted by Gasteiger charge is 2.24. The fourth-order valence-electron chi connectivity index (χ4n) is 3.26. The Morgan fingerprint density at radius 3 is 2.55 bits per heavy atom. The lowest BCUT2D eigenvalue weighted by atomic mass is 9.96. The number of benzene rings is 1. The van der Waals surface area contributed by atoms with Crippen LogP contribution in [0.25, 0.3) is 10.4 Å². The Balaban J connectivity index is 1.66. The molecule has 0 spiro atoms. The summed E-state index contributed by atoms with van der Waals surface area (Å²) in [6.45, 7) is 9.10. The van der Waals surface area contributed by atoms with Gasteiger partial charge in [0.15, 0.2) is 5.82 Å². The predicted molar refractivity (Wildman–Crippen MR) is 141 cm³/mol. The third-order valence-corrected chi connectivity index (χ3v) is 6.29. The molecule has 2 heterocycles.